The monoisotopic (exact) mass is 190 g/mol. The summed E-state index contributed by atoms with van der Waals surface area (Å²) in [5.74, 6) is 0. The Hall–Kier alpha value is -1.02. The molecule has 0 radical (unpaired) electrons. The van der Waals surface area contributed by atoms with Crippen LogP contribution in [0.1, 0.15) is 20.3 Å². The summed E-state index contributed by atoms with van der Waals surface area (Å²) in [7, 11) is 0. The zero-order valence-electron chi connectivity index (χ0n) is 8.90. The van der Waals surface area contributed by atoms with Gasteiger partial charge in [-0.25, -0.2) is 0 Å². The number of hydrogen-bond acceptors (Lipinski definition) is 2. The Labute approximate surface area is 85.9 Å². The minimum absolute atomic E-state index is 0.507. The fourth-order valence-electron chi connectivity index (χ4n) is 2.19. The van der Waals surface area contributed by atoms with Gasteiger partial charge in [0.25, 0.3) is 0 Å². The molecule has 1 aromatic carbocycles. The molecule has 2 unspecified atom stereocenters. The van der Waals surface area contributed by atoms with Gasteiger partial charge in [0, 0.05) is 18.3 Å². The van der Waals surface area contributed by atoms with Crippen LogP contribution in [-0.4, -0.2) is 18.8 Å². The van der Waals surface area contributed by atoms with Crippen molar-refractivity contribution in [3.8, 4) is 0 Å². The van der Waals surface area contributed by atoms with Crippen molar-refractivity contribution in [2.75, 3.05) is 11.4 Å². The van der Waals surface area contributed by atoms with Crippen LogP contribution in [0.25, 0.3) is 0 Å². The first kappa shape index (κ1) is 9.53. The zero-order chi connectivity index (χ0) is 9.97. The van der Waals surface area contributed by atoms with Crippen LogP contribution in [0, 0.1) is 0 Å². The summed E-state index contributed by atoms with van der Waals surface area (Å²) in [6, 6.07) is 11.2. The van der Waals surface area contributed by atoms with E-state index in [9.17, 15) is 0 Å². The molecule has 2 nitrogen and oxygen atoms in total. The summed E-state index contributed by atoms with van der Waals surface area (Å²) in [6.07, 6.45) is 1.66. The molecule has 1 N–H and O–H groups in total. The molecular weight excluding hydrogens is 172 g/mol. The molecule has 0 aromatic heterocycles. The molecule has 1 heterocycles. The first-order chi connectivity index (χ1) is 6.83. The third kappa shape index (κ3) is 1.62. The fraction of sp³-hybridized carbons (Fsp3) is 0.500. The van der Waals surface area contributed by atoms with Gasteiger partial charge in [0.15, 0.2) is 0 Å². The molecule has 1 aliphatic rings. The Morgan fingerprint density at radius 2 is 2.07 bits per heavy atom. The minimum atomic E-state index is 0.507. The van der Waals surface area contributed by atoms with Crippen molar-refractivity contribution in [3.05, 3.63) is 30.3 Å². The summed E-state index contributed by atoms with van der Waals surface area (Å²) in [5.41, 5.74) is 1.33. The lowest BCUT2D eigenvalue weighted by Crippen LogP contribution is -2.37. The van der Waals surface area contributed by atoms with E-state index in [0.717, 1.165) is 13.0 Å². The number of nitrogens with zero attached hydrogens (tertiary/aromatic N) is 1. The van der Waals surface area contributed by atoms with Gasteiger partial charge in [-0.1, -0.05) is 25.1 Å². The summed E-state index contributed by atoms with van der Waals surface area (Å²) < 4.78 is 0. The standard InChI is InChI=1S/C12H18N2/c1-3-12-13-9-10(2)14(12)11-7-5-4-6-8-11/h4-8,10,12-13H,3,9H2,1-2H3. The predicted octanol–water partition coefficient (Wildman–Crippen LogP) is 2.22. The summed E-state index contributed by atoms with van der Waals surface area (Å²) in [4.78, 5) is 2.47. The highest BCUT2D eigenvalue weighted by molar-refractivity contribution is 5.49. The lowest BCUT2D eigenvalue weighted by molar-refractivity contribution is 0.580. The minimum Gasteiger partial charge on any atom is -0.352 e. The van der Waals surface area contributed by atoms with Crippen LogP contribution in [0.4, 0.5) is 5.69 Å². The van der Waals surface area contributed by atoms with Crippen LogP contribution in [0.5, 0.6) is 0 Å². The number of rotatable bonds is 2. The fourth-order valence-corrected chi connectivity index (χ4v) is 2.19. The Morgan fingerprint density at radius 1 is 1.36 bits per heavy atom. The van der Waals surface area contributed by atoms with E-state index < -0.39 is 0 Å². The molecule has 0 spiro atoms. The van der Waals surface area contributed by atoms with Crippen LogP contribution < -0.4 is 10.2 Å². The smallest absolute Gasteiger partial charge is 0.0797 e. The van der Waals surface area contributed by atoms with Crippen LogP contribution in [0.3, 0.4) is 0 Å². The maximum absolute atomic E-state index is 3.53. The maximum Gasteiger partial charge on any atom is 0.0797 e. The van der Waals surface area contributed by atoms with E-state index in [1.54, 1.807) is 0 Å². The second kappa shape index (κ2) is 4.01. The number of nitrogens with one attached hydrogen (secondary N) is 1. The Morgan fingerprint density at radius 3 is 2.71 bits per heavy atom. The molecule has 0 bridgehead atoms. The Bertz CT molecular complexity index is 284. The summed E-state index contributed by atoms with van der Waals surface area (Å²) in [6.45, 7) is 5.59. The second-order valence-electron chi connectivity index (χ2n) is 3.92. The molecule has 2 rings (SSSR count). The third-order valence-electron chi connectivity index (χ3n) is 2.90. The van der Waals surface area contributed by atoms with Crippen molar-refractivity contribution in [2.24, 2.45) is 0 Å². The first-order valence-corrected chi connectivity index (χ1v) is 5.39. The van der Waals surface area contributed by atoms with Crippen LogP contribution in [-0.2, 0) is 0 Å². The van der Waals surface area contributed by atoms with E-state index in [4.69, 9.17) is 0 Å². The SMILES string of the molecule is CCC1NCC(C)N1c1ccccc1. The average molecular weight is 190 g/mol. The largest absolute Gasteiger partial charge is 0.352 e. The molecule has 1 aromatic rings. The van der Waals surface area contributed by atoms with Crippen molar-refractivity contribution in [1.82, 2.24) is 5.32 Å². The van der Waals surface area contributed by atoms with E-state index in [0.29, 0.717) is 12.2 Å². The van der Waals surface area contributed by atoms with Gasteiger partial charge in [-0.2, -0.15) is 0 Å². The number of para-hydroxylation sites is 1. The molecule has 76 valence electrons. The normalized spacial score (nSPS) is 26.9. The maximum atomic E-state index is 3.53. The predicted molar refractivity (Wildman–Crippen MR) is 60.5 cm³/mol. The molecule has 1 fully saturated rings. The number of anilines is 1. The summed E-state index contributed by atoms with van der Waals surface area (Å²) >= 11 is 0. The van der Waals surface area contributed by atoms with E-state index >= 15 is 0 Å². The van der Waals surface area contributed by atoms with Crippen molar-refractivity contribution in [2.45, 2.75) is 32.5 Å². The zero-order valence-corrected chi connectivity index (χ0v) is 8.90. The van der Waals surface area contributed by atoms with Crippen LogP contribution >= 0.6 is 0 Å². The van der Waals surface area contributed by atoms with Crippen molar-refractivity contribution in [1.29, 1.82) is 0 Å². The quantitative estimate of drug-likeness (QED) is 0.769. The number of benzene rings is 1. The Kier molecular flexibility index (Phi) is 2.73. The van der Waals surface area contributed by atoms with Crippen molar-refractivity contribution in [3.63, 3.8) is 0 Å². The van der Waals surface area contributed by atoms with Gasteiger partial charge in [-0.15, -0.1) is 0 Å². The molecule has 2 atom stereocenters. The van der Waals surface area contributed by atoms with Crippen molar-refractivity contribution < 1.29 is 0 Å². The average Bonchev–Trinajstić information content (AvgIpc) is 2.61. The second-order valence-corrected chi connectivity index (χ2v) is 3.92. The third-order valence-corrected chi connectivity index (χ3v) is 2.90. The molecular formula is C12H18N2. The van der Waals surface area contributed by atoms with E-state index in [1.165, 1.54) is 5.69 Å². The molecule has 0 aliphatic carbocycles. The molecule has 2 heteroatoms. The lowest BCUT2D eigenvalue weighted by Gasteiger charge is -2.29. The highest BCUT2D eigenvalue weighted by Crippen LogP contribution is 2.23. The molecule has 14 heavy (non-hydrogen) atoms. The highest BCUT2D eigenvalue weighted by atomic mass is 15.3. The number of hydrogen-bond donors (Lipinski definition) is 1. The van der Waals surface area contributed by atoms with E-state index in [1.807, 2.05) is 0 Å². The van der Waals surface area contributed by atoms with Gasteiger partial charge in [0.1, 0.15) is 0 Å². The van der Waals surface area contributed by atoms with Gasteiger partial charge in [-0.3, -0.25) is 5.32 Å². The molecule has 1 aliphatic heterocycles. The Balaban J connectivity index is 2.23. The van der Waals surface area contributed by atoms with Gasteiger partial charge in [-0.05, 0) is 25.5 Å². The molecule has 0 amide bonds. The van der Waals surface area contributed by atoms with Gasteiger partial charge < -0.3 is 4.90 Å². The van der Waals surface area contributed by atoms with Gasteiger partial charge in [0.2, 0.25) is 0 Å². The van der Waals surface area contributed by atoms with E-state index in [-0.39, 0.29) is 0 Å². The van der Waals surface area contributed by atoms with Crippen LogP contribution in [0.15, 0.2) is 30.3 Å². The van der Waals surface area contributed by atoms with Crippen LogP contribution in [0.2, 0.25) is 0 Å². The molecule has 1 saturated heterocycles. The van der Waals surface area contributed by atoms with Gasteiger partial charge in [0.05, 0.1) is 6.17 Å². The summed E-state index contributed by atoms with van der Waals surface area (Å²) in [5, 5.41) is 3.53. The van der Waals surface area contributed by atoms with E-state index in [2.05, 4.69) is 54.4 Å². The first-order valence-electron chi connectivity index (χ1n) is 5.39. The van der Waals surface area contributed by atoms with Gasteiger partial charge >= 0.3 is 0 Å². The van der Waals surface area contributed by atoms with Crippen molar-refractivity contribution >= 4 is 5.69 Å². The molecule has 0 saturated carbocycles. The lowest BCUT2D eigenvalue weighted by atomic mass is 10.2. The highest BCUT2D eigenvalue weighted by Gasteiger charge is 2.28. The topological polar surface area (TPSA) is 15.3 Å².